The minimum Gasteiger partial charge on any atom is -0.693 e. The van der Waals surface area contributed by atoms with Crippen LogP contribution in [0.1, 0.15) is 132 Å². The summed E-state index contributed by atoms with van der Waals surface area (Å²) in [5.41, 5.74) is -3.34. The summed E-state index contributed by atoms with van der Waals surface area (Å²) in [4.78, 5) is 65.3. The zero-order valence-electron chi connectivity index (χ0n) is 57.0. The van der Waals surface area contributed by atoms with Gasteiger partial charge in [-0.3, -0.25) is 24.0 Å². The van der Waals surface area contributed by atoms with Crippen LogP contribution in [0, 0.1) is 23.7 Å². The number of halogens is 3. The van der Waals surface area contributed by atoms with E-state index in [1.54, 1.807) is 90.0 Å². The second-order valence-electron chi connectivity index (χ2n) is 24.1. The van der Waals surface area contributed by atoms with E-state index >= 15 is 0 Å². The summed E-state index contributed by atoms with van der Waals surface area (Å²) in [5.74, 6) is -1.49. The Bertz CT molecular complexity index is 1760. The number of methoxy groups -OCH3 is 1. The van der Waals surface area contributed by atoms with E-state index in [1.807, 2.05) is 106 Å². The number of aliphatic hydroxyl groups is 3. The average molecular weight is 1770 g/mol. The van der Waals surface area contributed by atoms with Gasteiger partial charge in [0.05, 0.1) is 12.9 Å². The van der Waals surface area contributed by atoms with Gasteiger partial charge < -0.3 is 65.1 Å². The molecule has 0 aliphatic rings. The summed E-state index contributed by atoms with van der Waals surface area (Å²) in [7, 11) is -4.60. The molecule has 0 aromatic heterocycles. The Morgan fingerprint density at radius 3 is 0.917 bits per heavy atom. The van der Waals surface area contributed by atoms with Crippen molar-refractivity contribution in [2.45, 2.75) is 233 Å². The fourth-order valence-corrected chi connectivity index (χ4v) is 11.4. The number of aliphatic carboxylic acids is 1. The molecular weight excluding hydrogens is 1660 g/mol. The number of carboxylic acids is 1. The first kappa shape index (κ1) is 127. The van der Waals surface area contributed by atoms with E-state index in [9.17, 15) is 39.3 Å². The number of nitrogens with two attached hydrogens (primary N) is 1. The Balaban J connectivity index is -0.0000000469. The number of aliphatic hydroxyl groups excluding tert-OH is 3. The molecule has 0 amide bonds. The van der Waals surface area contributed by atoms with Crippen molar-refractivity contribution in [3.8, 4) is 0 Å². The maximum atomic E-state index is 11.9. The molecule has 0 unspecified atom stereocenters. The third-order valence-electron chi connectivity index (χ3n) is 8.10. The van der Waals surface area contributed by atoms with Gasteiger partial charge >= 0.3 is 130 Å². The van der Waals surface area contributed by atoms with E-state index in [-0.39, 0.29) is 193 Å². The molecule has 0 heterocycles. The average Bonchev–Trinajstić information content (AvgIpc) is 3.14. The van der Waals surface area contributed by atoms with Crippen LogP contribution in [0.15, 0.2) is 35.5 Å². The maximum Gasteiger partial charge on any atom is 1.00 e. The predicted molar refractivity (Wildman–Crippen MR) is 363 cm³/mol. The molecule has 0 fully saturated rings. The van der Waals surface area contributed by atoms with Crippen LogP contribution in [0.25, 0.3) is 6.15 Å². The molecule has 0 rings (SSSR count). The van der Waals surface area contributed by atoms with Gasteiger partial charge in [-0.2, -0.15) is 0 Å². The first-order chi connectivity index (χ1) is 33.2. The number of rotatable bonds is 19. The molecule has 0 spiro atoms. The summed E-state index contributed by atoms with van der Waals surface area (Å²) in [6.07, 6.45) is 3.74. The van der Waals surface area contributed by atoms with E-state index in [2.05, 4.69) is 64.7 Å². The van der Waals surface area contributed by atoms with Gasteiger partial charge in [-0.05, 0) is 153 Å². The van der Waals surface area contributed by atoms with Gasteiger partial charge in [0.25, 0.3) is 5.97 Å². The van der Waals surface area contributed by atoms with Crippen LogP contribution in [-0.4, -0.2) is 136 Å². The molecule has 508 valence electrons. The number of ether oxygens (including phenoxy) is 1. The molecule has 0 saturated heterocycles. The zero-order chi connectivity index (χ0) is 63.7. The monoisotopic (exact) mass is 1770 g/mol. The first-order valence-corrected chi connectivity index (χ1v) is 52.0. The third kappa shape index (κ3) is 91.0. The van der Waals surface area contributed by atoms with Gasteiger partial charge in [0.2, 0.25) is 0 Å². The van der Waals surface area contributed by atoms with Gasteiger partial charge in [-0.1, -0.05) is 62.8 Å². The quantitative estimate of drug-likeness (QED) is 0.0316. The van der Waals surface area contributed by atoms with Crippen molar-refractivity contribution in [1.82, 2.24) is 0 Å². The summed E-state index contributed by atoms with van der Waals surface area (Å²) in [6.45, 7) is 55.7. The smallest absolute Gasteiger partial charge is 0.693 e. The van der Waals surface area contributed by atoms with Crippen molar-refractivity contribution in [3.05, 3.63) is 41.7 Å². The van der Waals surface area contributed by atoms with Gasteiger partial charge in [0.1, 0.15) is 33.9 Å². The summed E-state index contributed by atoms with van der Waals surface area (Å²) < 4.78 is 27.7. The normalized spacial score (nSPS) is 11.5. The Kier molecular flexibility index (Phi) is 91.7. The molecule has 0 saturated carbocycles. The van der Waals surface area contributed by atoms with Crippen LogP contribution < -0.4 is 64.2 Å². The molecule has 2 radical (unpaired) electrons. The molecule has 31 heteroatoms. The van der Waals surface area contributed by atoms with Crippen LogP contribution in [0.3, 0.4) is 0 Å². The fourth-order valence-electron chi connectivity index (χ4n) is 4.92. The first-order valence-electron chi connectivity index (χ1n) is 24.8. The van der Waals surface area contributed by atoms with Gasteiger partial charge in [0, 0.05) is 78.1 Å². The van der Waals surface area contributed by atoms with Crippen molar-refractivity contribution in [2.24, 2.45) is 23.7 Å². The summed E-state index contributed by atoms with van der Waals surface area (Å²) in [5, 5.41) is 45.3. The van der Waals surface area contributed by atoms with Gasteiger partial charge in [0.15, 0.2) is 50.6 Å². The second kappa shape index (κ2) is 60.5. The van der Waals surface area contributed by atoms with Crippen LogP contribution in [-0.2, 0) is 90.3 Å². The number of carbonyl (C=O) groups is 6. The molecule has 0 aliphatic carbocycles. The Morgan fingerprint density at radius 2 is 0.726 bits per heavy atom. The minimum absolute atomic E-state index is 0. The second-order valence-corrected chi connectivity index (χ2v) is 77.2. The zero-order valence-corrected chi connectivity index (χ0v) is 74.7. The number of allylic oxidation sites excluding steroid dienone is 3. The standard InChI is InChI=1S/3C12H24O3Si.C8H18O3Si.C5H10O.C2H4O2.CH4O.CH4.2Cu.3HI.H2N.2Na.2H2O.V/c3*1-9(2)10(13)8-11(14)12(3,4)15-16(5,6)7;1-8(2,7(9)10-3)11-12(4,5)6;1-4(2)5(3)6;1-2(3)4;1-2;;;;;;;;;;;;/h8-9,14H,1-7H3;2*8-9,13H,1-7H3;1-6H3;4H,1-3H3;1H3,(H,3,4);2H,1H3;1H4;;;3*1H;1H2;;;2*1H2;/q;;;;;;;;;;;;;-1;2*+1;;;+3/p-4/b;10-8-;;;;;;;;;;;;;;;;;. The predicted octanol–water partition coefficient (Wildman–Crippen LogP) is 7.73. The van der Waals surface area contributed by atoms with E-state index in [0.717, 1.165) is 14.0 Å². The molecule has 0 atom stereocenters. The molecule has 0 aliphatic heterocycles. The largest absolute Gasteiger partial charge is 1.00 e. The maximum absolute atomic E-state index is 11.9. The van der Waals surface area contributed by atoms with Gasteiger partial charge in [-0.25, -0.2) is 4.79 Å². The summed E-state index contributed by atoms with van der Waals surface area (Å²) >= 11 is 7.39. The number of ketones is 4. The van der Waals surface area contributed by atoms with Crippen molar-refractivity contribution < 1.29 is 186 Å². The number of hydrogen-bond acceptors (Lipinski definition) is 15. The van der Waals surface area contributed by atoms with E-state index < -0.39 is 61.6 Å². The van der Waals surface area contributed by atoms with Crippen molar-refractivity contribution in [2.75, 3.05) is 14.2 Å². The van der Waals surface area contributed by atoms with E-state index in [0.29, 0.717) is 0 Å². The number of Topliss-reactive ketones (excluding diaryl/α,β-unsaturated/α-hetero) is 1. The van der Waals surface area contributed by atoms with Crippen LogP contribution >= 0.6 is 59.9 Å². The van der Waals surface area contributed by atoms with Crippen LogP contribution in [0.5, 0.6) is 0 Å². The van der Waals surface area contributed by atoms with Crippen molar-refractivity contribution in [3.63, 3.8) is 0 Å². The Labute approximate surface area is 618 Å². The topological polar surface area (TPSA) is 349 Å². The van der Waals surface area contributed by atoms with E-state index in [4.69, 9.17) is 32.7 Å². The molecule has 0 bridgehead atoms. The van der Waals surface area contributed by atoms with Gasteiger partial charge in [-0.15, -0.1) is 5.76 Å². The van der Waals surface area contributed by atoms with E-state index in [1.165, 1.54) is 25.3 Å². The Hall–Kier alpha value is 2.60. The molecule has 19 nitrogen and oxygen atoms in total. The fraction of sp³-hybridized carbons (Fsp3) is 0.774. The number of hydrogen-bond donors (Lipinski definition) is 4. The third-order valence-corrected chi connectivity index (χ3v) is 12.6. The number of carbonyl (C=O) groups excluding carboxylic acids is 5. The van der Waals surface area contributed by atoms with Crippen molar-refractivity contribution in [1.29, 1.82) is 0 Å². The van der Waals surface area contributed by atoms with Crippen LogP contribution in [0.2, 0.25) is 78.6 Å². The minimum atomic E-state index is -1.79. The van der Waals surface area contributed by atoms with Crippen LogP contribution in [0.4, 0.5) is 0 Å². The molecule has 84 heavy (non-hydrogen) atoms. The summed E-state index contributed by atoms with van der Waals surface area (Å²) in [6, 6.07) is 0. The molecule has 10 N–H and O–H groups in total. The molecule has 0 aromatic carbocycles. The molecular formula is C53H117Cu2I3NNa2O18Si4V. The van der Waals surface area contributed by atoms with Crippen molar-refractivity contribution >= 4 is 128 Å². The Morgan fingerprint density at radius 1 is 0.500 bits per heavy atom. The SMILES string of the molecule is C.CC(=O)C(C)C.CC(=O)O.CC(C)/C([O-])=C/C(=O)C(C)(C)O[Si](C)(C)C.CC(C)C(=O)C=C(O)C(C)(C)O[Si](C)(C)C.CC(C)C(O)=CC(=O)C(C)(C)O[Si](C)(C)C.CO.COC(=O)C(C)(C)O[Si](C)(C)C.O.O.[Cu].[Cu].[I][V]([I])[I].[NH2-].[Na+].[Na+]. The number of carboxylic acid groups (broad SMARTS) is 1. The number of esters is 1. The molecule has 0 aromatic rings.